The molecule has 1 heteroatoms. The molecule has 0 aliphatic rings. The predicted molar refractivity (Wildman–Crippen MR) is 94.8 cm³/mol. The van der Waals surface area contributed by atoms with E-state index in [-0.39, 0.29) is 0 Å². The van der Waals surface area contributed by atoms with Gasteiger partial charge in [-0.2, -0.15) is 0 Å². The van der Waals surface area contributed by atoms with Crippen LogP contribution in [-0.2, 0) is 6.42 Å². The average molecular weight is 290 g/mol. The van der Waals surface area contributed by atoms with Gasteiger partial charge < -0.3 is 5.32 Å². The Morgan fingerprint density at radius 2 is 1.43 bits per heavy atom. The van der Waals surface area contributed by atoms with Crippen LogP contribution in [0.4, 0.5) is 0 Å². The second-order valence-corrected chi connectivity index (χ2v) is 6.24. The molecule has 1 atom stereocenters. The summed E-state index contributed by atoms with van der Waals surface area (Å²) in [5.41, 5.74) is 2.91. The molecule has 0 heterocycles. The highest BCUT2D eigenvalue weighted by Crippen LogP contribution is 2.21. The van der Waals surface area contributed by atoms with Crippen LogP contribution in [-0.4, -0.2) is 7.05 Å². The first kappa shape index (κ1) is 18.2. The fraction of sp³-hybridized carbons (Fsp3) is 0.700. The van der Waals surface area contributed by atoms with Gasteiger partial charge in [-0.25, -0.2) is 0 Å². The molecule has 1 aromatic carbocycles. The number of nitrogens with one attached hydrogen (secondary N) is 1. The third-order valence-electron chi connectivity index (χ3n) is 4.37. The SMILES string of the molecule is CCCCCCCCCC(NC)c1ccc(CCC)cc1. The van der Waals surface area contributed by atoms with Crippen molar-refractivity contribution in [2.75, 3.05) is 7.05 Å². The van der Waals surface area contributed by atoms with Crippen molar-refractivity contribution in [2.45, 2.75) is 84.1 Å². The third kappa shape index (κ3) is 7.66. The van der Waals surface area contributed by atoms with E-state index in [1.54, 1.807) is 0 Å². The van der Waals surface area contributed by atoms with Crippen LogP contribution in [0.3, 0.4) is 0 Å². The fourth-order valence-electron chi connectivity index (χ4n) is 2.99. The van der Waals surface area contributed by atoms with Crippen LogP contribution in [0.25, 0.3) is 0 Å². The van der Waals surface area contributed by atoms with Gasteiger partial charge in [-0.15, -0.1) is 0 Å². The van der Waals surface area contributed by atoms with Gasteiger partial charge in [0, 0.05) is 6.04 Å². The minimum atomic E-state index is 0.524. The Morgan fingerprint density at radius 3 is 2.00 bits per heavy atom. The highest BCUT2D eigenvalue weighted by atomic mass is 14.9. The Morgan fingerprint density at radius 1 is 0.810 bits per heavy atom. The lowest BCUT2D eigenvalue weighted by Crippen LogP contribution is -2.16. The molecule has 0 aliphatic heterocycles. The van der Waals surface area contributed by atoms with E-state index in [2.05, 4.69) is 50.5 Å². The summed E-state index contributed by atoms with van der Waals surface area (Å²) in [6, 6.07) is 9.75. The molecule has 1 aromatic rings. The summed E-state index contributed by atoms with van der Waals surface area (Å²) in [4.78, 5) is 0. The quantitative estimate of drug-likeness (QED) is 0.462. The van der Waals surface area contributed by atoms with Crippen molar-refractivity contribution in [1.29, 1.82) is 0 Å². The maximum Gasteiger partial charge on any atom is 0.0317 e. The predicted octanol–water partition coefficient (Wildman–Crippen LogP) is 6.04. The molecule has 0 saturated heterocycles. The lowest BCUT2D eigenvalue weighted by molar-refractivity contribution is 0.496. The van der Waals surface area contributed by atoms with Crippen LogP contribution >= 0.6 is 0 Å². The van der Waals surface area contributed by atoms with Gasteiger partial charge in [-0.3, -0.25) is 0 Å². The summed E-state index contributed by atoms with van der Waals surface area (Å²) in [5.74, 6) is 0. The Bertz CT molecular complexity index is 341. The number of aryl methyl sites for hydroxylation is 1. The van der Waals surface area contributed by atoms with Gasteiger partial charge in [0.05, 0.1) is 0 Å². The van der Waals surface area contributed by atoms with Crippen LogP contribution < -0.4 is 5.32 Å². The zero-order valence-electron chi connectivity index (χ0n) is 14.5. The van der Waals surface area contributed by atoms with E-state index in [9.17, 15) is 0 Å². The average Bonchev–Trinajstić information content (AvgIpc) is 2.52. The van der Waals surface area contributed by atoms with Gasteiger partial charge >= 0.3 is 0 Å². The lowest BCUT2D eigenvalue weighted by atomic mass is 9.98. The summed E-state index contributed by atoms with van der Waals surface area (Å²) in [7, 11) is 2.09. The molecule has 21 heavy (non-hydrogen) atoms. The number of rotatable bonds is 12. The minimum Gasteiger partial charge on any atom is -0.313 e. The maximum atomic E-state index is 3.48. The molecule has 0 bridgehead atoms. The fourth-order valence-corrected chi connectivity index (χ4v) is 2.99. The molecule has 1 N–H and O–H groups in total. The zero-order chi connectivity index (χ0) is 15.3. The van der Waals surface area contributed by atoms with Gasteiger partial charge in [-0.05, 0) is 31.0 Å². The number of hydrogen-bond donors (Lipinski definition) is 1. The smallest absolute Gasteiger partial charge is 0.0317 e. The van der Waals surface area contributed by atoms with E-state index in [4.69, 9.17) is 0 Å². The lowest BCUT2D eigenvalue weighted by Gasteiger charge is -2.17. The van der Waals surface area contributed by atoms with Crippen molar-refractivity contribution >= 4 is 0 Å². The molecule has 1 rings (SSSR count). The molecule has 0 amide bonds. The van der Waals surface area contributed by atoms with Crippen LogP contribution in [0, 0.1) is 0 Å². The van der Waals surface area contributed by atoms with Crippen LogP contribution in [0.15, 0.2) is 24.3 Å². The van der Waals surface area contributed by atoms with E-state index >= 15 is 0 Å². The summed E-state index contributed by atoms with van der Waals surface area (Å²) in [5, 5.41) is 3.48. The van der Waals surface area contributed by atoms with Gasteiger partial charge in [0.1, 0.15) is 0 Å². The molecule has 1 nitrogen and oxygen atoms in total. The van der Waals surface area contributed by atoms with Gasteiger partial charge in [0.2, 0.25) is 0 Å². The van der Waals surface area contributed by atoms with Gasteiger partial charge in [0.25, 0.3) is 0 Å². The summed E-state index contributed by atoms with van der Waals surface area (Å²) in [6.45, 7) is 4.52. The standard InChI is InChI=1S/C20H35N/c1-4-6-7-8-9-10-11-13-20(21-3)19-16-14-18(12-5-2)15-17-19/h14-17,20-21H,4-13H2,1-3H3. The van der Waals surface area contributed by atoms with E-state index in [1.807, 2.05) is 0 Å². The van der Waals surface area contributed by atoms with Crippen molar-refractivity contribution in [3.8, 4) is 0 Å². The van der Waals surface area contributed by atoms with Crippen molar-refractivity contribution in [3.05, 3.63) is 35.4 Å². The molecule has 0 aromatic heterocycles. The van der Waals surface area contributed by atoms with Crippen molar-refractivity contribution < 1.29 is 0 Å². The first-order valence-corrected chi connectivity index (χ1v) is 9.07. The van der Waals surface area contributed by atoms with Crippen molar-refractivity contribution in [1.82, 2.24) is 5.32 Å². The normalized spacial score (nSPS) is 12.5. The van der Waals surface area contributed by atoms with Gasteiger partial charge in [-0.1, -0.05) is 89.5 Å². The zero-order valence-corrected chi connectivity index (χ0v) is 14.5. The van der Waals surface area contributed by atoms with Crippen molar-refractivity contribution in [2.24, 2.45) is 0 Å². The highest BCUT2D eigenvalue weighted by Gasteiger charge is 2.08. The Hall–Kier alpha value is -0.820. The van der Waals surface area contributed by atoms with Gasteiger partial charge in [0.15, 0.2) is 0 Å². The molecule has 0 fully saturated rings. The Kier molecular flexibility index (Phi) is 10.2. The first-order valence-electron chi connectivity index (χ1n) is 9.07. The van der Waals surface area contributed by atoms with Crippen molar-refractivity contribution in [3.63, 3.8) is 0 Å². The Labute approximate surface area is 132 Å². The largest absolute Gasteiger partial charge is 0.313 e. The second-order valence-electron chi connectivity index (χ2n) is 6.24. The third-order valence-corrected chi connectivity index (χ3v) is 4.37. The van der Waals surface area contributed by atoms with E-state index in [0.717, 1.165) is 0 Å². The minimum absolute atomic E-state index is 0.524. The van der Waals surface area contributed by atoms with Crippen LogP contribution in [0.5, 0.6) is 0 Å². The number of unbranched alkanes of at least 4 members (excludes halogenated alkanes) is 6. The van der Waals surface area contributed by atoms with E-state index in [1.165, 1.54) is 75.3 Å². The summed E-state index contributed by atoms with van der Waals surface area (Å²) in [6.07, 6.45) is 13.4. The van der Waals surface area contributed by atoms with Crippen LogP contribution in [0.1, 0.15) is 88.8 Å². The molecule has 0 spiro atoms. The summed E-state index contributed by atoms with van der Waals surface area (Å²) >= 11 is 0. The molecular weight excluding hydrogens is 254 g/mol. The first-order chi connectivity index (χ1) is 10.3. The molecule has 0 aliphatic carbocycles. The molecule has 120 valence electrons. The topological polar surface area (TPSA) is 12.0 Å². The van der Waals surface area contributed by atoms with Crippen LogP contribution in [0.2, 0.25) is 0 Å². The second kappa shape index (κ2) is 11.8. The molecule has 0 radical (unpaired) electrons. The molecule has 0 saturated carbocycles. The monoisotopic (exact) mass is 289 g/mol. The Balaban J connectivity index is 2.27. The number of benzene rings is 1. The maximum absolute atomic E-state index is 3.48. The summed E-state index contributed by atoms with van der Waals surface area (Å²) < 4.78 is 0. The van der Waals surface area contributed by atoms with E-state index in [0.29, 0.717) is 6.04 Å². The molecule has 1 unspecified atom stereocenters. The number of hydrogen-bond acceptors (Lipinski definition) is 1. The van der Waals surface area contributed by atoms with E-state index < -0.39 is 0 Å². The highest BCUT2D eigenvalue weighted by molar-refractivity contribution is 5.25. The molecular formula is C20H35N.